The third-order valence-electron chi connectivity index (χ3n) is 2.71. The molecular weight excluding hydrogens is 274 g/mol. The molecule has 0 bridgehead atoms. The second-order valence-electron chi connectivity index (χ2n) is 4.22. The number of carbonyl (C=O) groups is 1. The lowest BCUT2D eigenvalue weighted by Crippen LogP contribution is -2.12. The number of aromatic amines is 1. The second-order valence-corrected chi connectivity index (χ2v) is 4.66. The van der Waals surface area contributed by atoms with Crippen LogP contribution in [0.25, 0.3) is 0 Å². The van der Waals surface area contributed by atoms with Crippen LogP contribution >= 0.6 is 11.6 Å². The number of nitrogens with one attached hydrogen (secondary N) is 2. The van der Waals surface area contributed by atoms with E-state index in [1.165, 1.54) is 0 Å². The number of carbonyl (C=O) groups excluding carboxylic acids is 1. The van der Waals surface area contributed by atoms with Crippen LogP contribution in [-0.4, -0.2) is 17.4 Å². The lowest BCUT2D eigenvalue weighted by Gasteiger charge is -2.06. The van der Waals surface area contributed by atoms with Gasteiger partial charge in [-0.05, 0) is 30.7 Å². The van der Waals surface area contributed by atoms with Crippen LogP contribution in [0.1, 0.15) is 21.6 Å². The highest BCUT2D eigenvalue weighted by molar-refractivity contribution is 6.31. The molecule has 1 aromatic carbocycles. The fraction of sp³-hybridized carbons (Fsp3) is 0.133. The van der Waals surface area contributed by atoms with Crippen LogP contribution in [-0.2, 0) is 0 Å². The van der Waals surface area contributed by atoms with Crippen LogP contribution in [0.2, 0.25) is 5.02 Å². The third-order valence-corrected chi connectivity index (χ3v) is 2.93. The minimum absolute atomic E-state index is 0.251. The van der Waals surface area contributed by atoms with Gasteiger partial charge in [-0.1, -0.05) is 29.5 Å². The molecular formula is C15H14ClN3O. The number of hydrogen-bond donors (Lipinski definition) is 3. The number of rotatable bonds is 2. The Hall–Kier alpha value is -2.22. The van der Waals surface area contributed by atoms with Crippen molar-refractivity contribution in [2.75, 3.05) is 11.9 Å². The van der Waals surface area contributed by atoms with Gasteiger partial charge < -0.3 is 16.0 Å². The first-order chi connectivity index (χ1) is 9.60. The molecule has 0 aliphatic rings. The van der Waals surface area contributed by atoms with Gasteiger partial charge in [0.05, 0.1) is 11.6 Å². The molecule has 0 saturated carbocycles. The Morgan fingerprint density at radius 2 is 2.25 bits per heavy atom. The molecule has 0 radical (unpaired) electrons. The molecule has 0 aliphatic heterocycles. The number of H-pyrrole nitrogens is 1. The van der Waals surface area contributed by atoms with Crippen LogP contribution < -0.4 is 11.1 Å². The van der Waals surface area contributed by atoms with Gasteiger partial charge in [0.15, 0.2) is 0 Å². The van der Waals surface area contributed by atoms with Crippen LogP contribution in [0.3, 0.4) is 0 Å². The molecule has 0 unspecified atom stereocenters. The molecule has 0 atom stereocenters. The van der Waals surface area contributed by atoms with Gasteiger partial charge in [-0.2, -0.15) is 0 Å². The topological polar surface area (TPSA) is 70.9 Å². The maximum absolute atomic E-state index is 12.0. The van der Waals surface area contributed by atoms with E-state index in [1.807, 2.05) is 25.1 Å². The van der Waals surface area contributed by atoms with Gasteiger partial charge >= 0.3 is 0 Å². The normalized spacial score (nSPS) is 9.75. The summed E-state index contributed by atoms with van der Waals surface area (Å²) < 4.78 is 0. The van der Waals surface area contributed by atoms with Crippen molar-refractivity contribution in [2.24, 2.45) is 5.73 Å². The Bertz CT molecular complexity index is 695. The molecule has 102 valence electrons. The quantitative estimate of drug-likeness (QED) is 0.743. The number of hydrogen-bond acceptors (Lipinski definition) is 2. The van der Waals surface area contributed by atoms with Crippen molar-refractivity contribution < 1.29 is 4.79 Å². The van der Waals surface area contributed by atoms with E-state index in [0.717, 1.165) is 11.1 Å². The molecule has 0 saturated heterocycles. The SMILES string of the molecule is Cc1ccc(NC(=O)c2cc(Cl)c[nH]2)cc1C#CCN. The summed E-state index contributed by atoms with van der Waals surface area (Å²) in [6.45, 7) is 2.26. The lowest BCUT2D eigenvalue weighted by atomic mass is 10.1. The Morgan fingerprint density at radius 3 is 2.90 bits per heavy atom. The number of nitrogens with two attached hydrogens (primary N) is 1. The van der Waals surface area contributed by atoms with Crippen molar-refractivity contribution in [3.05, 3.63) is 52.3 Å². The van der Waals surface area contributed by atoms with Crippen molar-refractivity contribution in [1.29, 1.82) is 0 Å². The smallest absolute Gasteiger partial charge is 0.272 e. The summed E-state index contributed by atoms with van der Waals surface area (Å²) in [4.78, 5) is 14.8. The fourth-order valence-electron chi connectivity index (χ4n) is 1.68. The molecule has 1 heterocycles. The van der Waals surface area contributed by atoms with Crippen LogP contribution in [0, 0.1) is 18.8 Å². The summed E-state index contributed by atoms with van der Waals surface area (Å²) in [7, 11) is 0. The second kappa shape index (κ2) is 6.29. The summed E-state index contributed by atoms with van der Waals surface area (Å²) >= 11 is 5.77. The highest BCUT2D eigenvalue weighted by atomic mass is 35.5. The van der Waals surface area contributed by atoms with E-state index in [9.17, 15) is 4.79 Å². The molecule has 2 rings (SSSR count). The first-order valence-corrected chi connectivity index (χ1v) is 6.43. The zero-order valence-corrected chi connectivity index (χ0v) is 11.7. The average molecular weight is 288 g/mol. The minimum atomic E-state index is -0.251. The summed E-state index contributed by atoms with van der Waals surface area (Å²) in [5, 5.41) is 3.28. The van der Waals surface area contributed by atoms with E-state index < -0.39 is 0 Å². The van der Waals surface area contributed by atoms with Crippen molar-refractivity contribution >= 4 is 23.2 Å². The molecule has 2 aromatic rings. The predicted octanol–water partition coefficient (Wildman–Crippen LogP) is 2.54. The summed E-state index contributed by atoms with van der Waals surface area (Å²) in [6.07, 6.45) is 1.56. The standard InChI is InChI=1S/C15H14ClN3O/c1-10-4-5-13(7-11(10)3-2-6-17)19-15(20)14-8-12(16)9-18-14/h4-5,7-9,18H,6,17H2,1H3,(H,19,20). The van der Waals surface area contributed by atoms with Gasteiger partial charge in [0.1, 0.15) is 5.69 Å². The summed E-state index contributed by atoms with van der Waals surface area (Å²) in [5.74, 6) is 5.53. The Labute approximate surface area is 122 Å². The molecule has 4 nitrogen and oxygen atoms in total. The first kappa shape index (κ1) is 14.2. The van der Waals surface area contributed by atoms with Crippen molar-refractivity contribution in [3.8, 4) is 11.8 Å². The van der Waals surface area contributed by atoms with Crippen LogP contribution in [0.4, 0.5) is 5.69 Å². The Balaban J connectivity index is 2.19. The molecule has 1 aromatic heterocycles. The van der Waals surface area contributed by atoms with Gasteiger partial charge in [0.25, 0.3) is 5.91 Å². The van der Waals surface area contributed by atoms with Crippen molar-refractivity contribution in [2.45, 2.75) is 6.92 Å². The van der Waals surface area contributed by atoms with Gasteiger partial charge in [0, 0.05) is 17.4 Å². The monoisotopic (exact) mass is 287 g/mol. The van der Waals surface area contributed by atoms with E-state index in [4.69, 9.17) is 17.3 Å². The zero-order chi connectivity index (χ0) is 14.5. The van der Waals surface area contributed by atoms with E-state index in [0.29, 0.717) is 22.9 Å². The average Bonchev–Trinajstić information content (AvgIpc) is 2.86. The van der Waals surface area contributed by atoms with E-state index in [1.54, 1.807) is 12.3 Å². The maximum Gasteiger partial charge on any atom is 0.272 e. The van der Waals surface area contributed by atoms with Crippen molar-refractivity contribution in [1.82, 2.24) is 4.98 Å². The van der Waals surface area contributed by atoms with Crippen molar-refractivity contribution in [3.63, 3.8) is 0 Å². The van der Waals surface area contributed by atoms with E-state index in [2.05, 4.69) is 22.1 Å². The molecule has 0 spiro atoms. The number of benzene rings is 1. The molecule has 0 aliphatic carbocycles. The highest BCUT2D eigenvalue weighted by Crippen LogP contribution is 2.16. The number of aryl methyl sites for hydroxylation is 1. The zero-order valence-electron chi connectivity index (χ0n) is 11.0. The fourth-order valence-corrected chi connectivity index (χ4v) is 1.84. The molecule has 0 fully saturated rings. The number of aromatic nitrogens is 1. The third kappa shape index (κ3) is 3.41. The minimum Gasteiger partial charge on any atom is -0.356 e. The van der Waals surface area contributed by atoms with Gasteiger partial charge in [-0.3, -0.25) is 4.79 Å². The van der Waals surface area contributed by atoms with Gasteiger partial charge in [-0.25, -0.2) is 0 Å². The number of anilines is 1. The molecule has 5 heteroatoms. The Morgan fingerprint density at radius 1 is 1.45 bits per heavy atom. The van der Waals surface area contributed by atoms with Crippen LogP contribution in [0.15, 0.2) is 30.5 Å². The highest BCUT2D eigenvalue weighted by Gasteiger charge is 2.08. The first-order valence-electron chi connectivity index (χ1n) is 6.05. The van der Waals surface area contributed by atoms with Crippen LogP contribution in [0.5, 0.6) is 0 Å². The van der Waals surface area contributed by atoms with E-state index >= 15 is 0 Å². The van der Waals surface area contributed by atoms with Gasteiger partial charge in [0.2, 0.25) is 0 Å². The van der Waals surface area contributed by atoms with E-state index in [-0.39, 0.29) is 5.91 Å². The Kier molecular flexibility index (Phi) is 4.46. The molecule has 1 amide bonds. The summed E-state index contributed by atoms with van der Waals surface area (Å²) in [5.41, 5.74) is 8.32. The molecule has 20 heavy (non-hydrogen) atoms. The largest absolute Gasteiger partial charge is 0.356 e. The predicted molar refractivity (Wildman–Crippen MR) is 80.9 cm³/mol. The molecule has 4 N–H and O–H groups in total. The number of amides is 1. The number of halogens is 1. The maximum atomic E-state index is 12.0. The summed E-state index contributed by atoms with van der Waals surface area (Å²) in [6, 6.07) is 7.11. The van der Waals surface area contributed by atoms with Gasteiger partial charge in [-0.15, -0.1) is 0 Å². The lowest BCUT2D eigenvalue weighted by molar-refractivity contribution is 0.102.